The average Bonchev–Trinajstić information content (AvgIpc) is 3.36. The van der Waals surface area contributed by atoms with Crippen LogP contribution >= 0.6 is 0 Å². The number of hydrogen-bond donors (Lipinski definition) is 1. The fourth-order valence-corrected chi connectivity index (χ4v) is 8.46. The molecule has 224 valence electrons. The molecule has 0 radical (unpaired) electrons. The van der Waals surface area contributed by atoms with E-state index in [0.29, 0.717) is 23.3 Å². The normalized spacial score (nSPS) is 27.5. The van der Waals surface area contributed by atoms with Gasteiger partial charge in [0.25, 0.3) is 0 Å². The van der Waals surface area contributed by atoms with Crippen molar-refractivity contribution in [2.75, 3.05) is 20.1 Å². The van der Waals surface area contributed by atoms with E-state index >= 15 is 0 Å². The van der Waals surface area contributed by atoms with Crippen molar-refractivity contribution < 1.29 is 27.8 Å². The Hall–Kier alpha value is -3.78. The Morgan fingerprint density at radius 1 is 1.12 bits per heavy atom. The quantitative estimate of drug-likeness (QED) is 0.347. The third kappa shape index (κ3) is 4.62. The highest BCUT2D eigenvalue weighted by Gasteiger charge is 2.66. The average molecular weight is 589 g/mol. The highest BCUT2D eigenvalue weighted by Crippen LogP contribution is 2.64. The van der Waals surface area contributed by atoms with Gasteiger partial charge < -0.3 is 14.7 Å². The van der Waals surface area contributed by atoms with Gasteiger partial charge in [-0.05, 0) is 85.5 Å². The van der Waals surface area contributed by atoms with Gasteiger partial charge in [-0.2, -0.15) is 13.2 Å². The van der Waals surface area contributed by atoms with Crippen molar-refractivity contribution in [2.45, 2.75) is 61.9 Å². The van der Waals surface area contributed by atoms with E-state index < -0.39 is 11.7 Å². The Bertz CT molecular complexity index is 1570. The first-order valence-electron chi connectivity index (χ1n) is 15.1. The SMILES string of the molecule is CN(C(=O)C=Cc1cccc(C(F)(F)F)c1)[C@H]1CC[C@H]2[C@H]3Cc4ccc(O)c5c4[C@@]2(CCN3CCc2ccccc2)[C@H]1O5. The van der Waals surface area contributed by atoms with Gasteiger partial charge in [-0.3, -0.25) is 9.69 Å². The summed E-state index contributed by atoms with van der Waals surface area (Å²) < 4.78 is 46.2. The maximum absolute atomic E-state index is 13.4. The van der Waals surface area contributed by atoms with Gasteiger partial charge in [-0.1, -0.05) is 48.5 Å². The summed E-state index contributed by atoms with van der Waals surface area (Å²) in [6, 6.07) is 19.4. The van der Waals surface area contributed by atoms with Crippen molar-refractivity contribution >= 4 is 12.0 Å². The van der Waals surface area contributed by atoms with Gasteiger partial charge >= 0.3 is 6.18 Å². The number of phenols is 1. The zero-order valence-corrected chi connectivity index (χ0v) is 24.1. The van der Waals surface area contributed by atoms with Crippen LogP contribution in [-0.4, -0.2) is 59.1 Å². The summed E-state index contributed by atoms with van der Waals surface area (Å²) in [5, 5.41) is 10.9. The molecule has 0 unspecified atom stereocenters. The van der Waals surface area contributed by atoms with Gasteiger partial charge in [0.15, 0.2) is 11.5 Å². The van der Waals surface area contributed by atoms with Crippen LogP contribution in [0.1, 0.15) is 47.1 Å². The van der Waals surface area contributed by atoms with Gasteiger partial charge in [0, 0.05) is 36.7 Å². The van der Waals surface area contributed by atoms with Crippen LogP contribution in [0.15, 0.2) is 72.8 Å². The fraction of sp³-hybridized carbons (Fsp3) is 0.400. The largest absolute Gasteiger partial charge is 0.504 e. The minimum atomic E-state index is -4.45. The number of hydrogen-bond acceptors (Lipinski definition) is 4. The van der Waals surface area contributed by atoms with Crippen molar-refractivity contribution in [3.63, 3.8) is 0 Å². The smallest absolute Gasteiger partial charge is 0.416 e. The first-order chi connectivity index (χ1) is 20.7. The molecule has 2 aliphatic carbocycles. The Labute approximate surface area is 249 Å². The number of phenolic OH excluding ortho intramolecular Hbond substituents is 1. The highest BCUT2D eigenvalue weighted by molar-refractivity contribution is 5.92. The lowest BCUT2D eigenvalue weighted by molar-refractivity contribution is -0.137. The summed E-state index contributed by atoms with van der Waals surface area (Å²) in [4.78, 5) is 17.8. The number of aromatic hydroxyl groups is 1. The maximum atomic E-state index is 13.4. The first kappa shape index (κ1) is 28.0. The van der Waals surface area contributed by atoms with E-state index in [-0.39, 0.29) is 29.2 Å². The maximum Gasteiger partial charge on any atom is 0.416 e. The second-order valence-corrected chi connectivity index (χ2v) is 12.5. The summed E-state index contributed by atoms with van der Waals surface area (Å²) in [5.74, 6) is 0.770. The Morgan fingerprint density at radius 2 is 1.93 bits per heavy atom. The summed E-state index contributed by atoms with van der Waals surface area (Å²) in [6.07, 6.45) is 2.51. The highest BCUT2D eigenvalue weighted by atomic mass is 19.4. The number of amides is 1. The monoisotopic (exact) mass is 588 g/mol. The molecule has 2 aliphatic heterocycles. The van der Waals surface area contributed by atoms with Crippen LogP contribution in [0.4, 0.5) is 13.2 Å². The number of piperidine rings is 1. The molecule has 3 aromatic rings. The van der Waals surface area contributed by atoms with Crippen molar-refractivity contribution in [1.82, 2.24) is 9.80 Å². The number of benzene rings is 3. The van der Waals surface area contributed by atoms with Crippen LogP contribution in [0.3, 0.4) is 0 Å². The molecule has 4 aliphatic rings. The molecule has 2 bridgehead atoms. The number of likely N-dealkylation sites (tertiary alicyclic amines) is 1. The number of ether oxygens (including phenoxy) is 1. The molecule has 3 aromatic carbocycles. The summed E-state index contributed by atoms with van der Waals surface area (Å²) >= 11 is 0. The van der Waals surface area contributed by atoms with E-state index in [1.165, 1.54) is 29.3 Å². The third-order valence-corrected chi connectivity index (χ3v) is 10.4. The molecular weight excluding hydrogens is 553 g/mol. The van der Waals surface area contributed by atoms with Gasteiger partial charge in [-0.25, -0.2) is 0 Å². The minimum absolute atomic E-state index is 0.142. The van der Waals surface area contributed by atoms with Gasteiger partial charge in [0.1, 0.15) is 6.10 Å². The second-order valence-electron chi connectivity index (χ2n) is 12.5. The first-order valence-corrected chi connectivity index (χ1v) is 15.1. The topological polar surface area (TPSA) is 53.0 Å². The Balaban J connectivity index is 1.16. The number of carbonyl (C=O) groups excluding carboxylic acids is 1. The molecule has 2 fully saturated rings. The molecule has 1 amide bonds. The van der Waals surface area contributed by atoms with Crippen molar-refractivity contribution in [3.8, 4) is 11.5 Å². The summed E-state index contributed by atoms with van der Waals surface area (Å²) in [7, 11) is 1.75. The molecule has 8 heteroatoms. The van der Waals surface area contributed by atoms with E-state index in [1.807, 2.05) is 12.1 Å². The number of carbonyl (C=O) groups is 1. The third-order valence-electron chi connectivity index (χ3n) is 10.4. The van der Waals surface area contributed by atoms with Crippen LogP contribution in [-0.2, 0) is 29.2 Å². The predicted octanol–water partition coefficient (Wildman–Crippen LogP) is 6.23. The lowest BCUT2D eigenvalue weighted by Crippen LogP contribution is -2.69. The van der Waals surface area contributed by atoms with Crippen molar-refractivity contribution in [2.24, 2.45) is 5.92 Å². The molecule has 1 spiro atoms. The van der Waals surface area contributed by atoms with E-state index in [1.54, 1.807) is 24.1 Å². The fourth-order valence-electron chi connectivity index (χ4n) is 8.46. The number of likely N-dealkylation sites (N-methyl/N-ethyl adjacent to an activating group) is 1. The lowest BCUT2D eigenvalue weighted by atomic mass is 9.51. The van der Waals surface area contributed by atoms with Crippen LogP contribution in [0, 0.1) is 5.92 Å². The zero-order chi connectivity index (χ0) is 29.9. The standard InChI is InChI=1S/C35H35F3N2O3/c1-39(30(42)15-10-23-8-5-9-25(20-23)35(36,37)38)27-13-12-26-28-21-24-11-14-29(41)32-31(24)34(26,33(27)43-32)17-19-40(28)18-16-22-6-3-2-4-7-22/h2-11,14-15,20,26-28,33,41H,12-13,16-19,21H2,1H3/t26-,27-,28+,33-,34-/m0/s1. The molecule has 0 aromatic heterocycles. The molecule has 1 saturated carbocycles. The van der Waals surface area contributed by atoms with Crippen LogP contribution in [0.5, 0.6) is 11.5 Å². The molecule has 5 atom stereocenters. The number of halogens is 3. The molecule has 43 heavy (non-hydrogen) atoms. The van der Waals surface area contributed by atoms with E-state index in [9.17, 15) is 23.1 Å². The minimum Gasteiger partial charge on any atom is -0.504 e. The summed E-state index contributed by atoms with van der Waals surface area (Å²) in [5.41, 5.74) is 2.96. The molecule has 5 nitrogen and oxygen atoms in total. The molecule has 1 saturated heterocycles. The number of nitrogens with zero attached hydrogens (tertiary/aromatic N) is 2. The predicted molar refractivity (Wildman–Crippen MR) is 158 cm³/mol. The number of rotatable bonds is 6. The van der Waals surface area contributed by atoms with Crippen LogP contribution in [0.2, 0.25) is 0 Å². The van der Waals surface area contributed by atoms with Gasteiger partial charge in [0.2, 0.25) is 5.91 Å². The van der Waals surface area contributed by atoms with Crippen LogP contribution in [0.25, 0.3) is 6.08 Å². The van der Waals surface area contributed by atoms with Crippen molar-refractivity contribution in [1.29, 1.82) is 0 Å². The molecule has 2 heterocycles. The summed E-state index contributed by atoms with van der Waals surface area (Å²) in [6.45, 7) is 1.90. The number of alkyl halides is 3. The van der Waals surface area contributed by atoms with Crippen molar-refractivity contribution in [3.05, 3.63) is 101 Å². The molecule has 1 N–H and O–H groups in total. The Morgan fingerprint density at radius 3 is 2.72 bits per heavy atom. The van der Waals surface area contributed by atoms with E-state index in [2.05, 4.69) is 29.2 Å². The van der Waals surface area contributed by atoms with Gasteiger partial charge in [-0.15, -0.1) is 0 Å². The molecule has 7 rings (SSSR count). The van der Waals surface area contributed by atoms with E-state index in [0.717, 1.165) is 62.9 Å². The van der Waals surface area contributed by atoms with Gasteiger partial charge in [0.05, 0.1) is 11.6 Å². The Kier molecular flexibility index (Phi) is 6.80. The molecular formula is C35H35F3N2O3. The zero-order valence-electron chi connectivity index (χ0n) is 24.1. The van der Waals surface area contributed by atoms with E-state index in [4.69, 9.17) is 4.74 Å². The lowest BCUT2D eigenvalue weighted by Gasteiger charge is -2.60. The second kappa shape index (κ2) is 10.4. The van der Waals surface area contributed by atoms with Crippen LogP contribution < -0.4 is 4.74 Å².